The Morgan fingerprint density at radius 1 is 1.09 bits per heavy atom. The van der Waals surface area contributed by atoms with Crippen molar-refractivity contribution in [2.24, 2.45) is 0 Å². The van der Waals surface area contributed by atoms with Gasteiger partial charge in [-0.05, 0) is 62.0 Å². The number of nitrogens with zero attached hydrogens (tertiary/aromatic N) is 3. The van der Waals surface area contributed by atoms with Gasteiger partial charge in [0.25, 0.3) is 11.7 Å². The van der Waals surface area contributed by atoms with Gasteiger partial charge in [-0.1, -0.05) is 13.8 Å². The van der Waals surface area contributed by atoms with Crippen LogP contribution in [0.5, 0.6) is 11.5 Å². The Morgan fingerprint density at radius 3 is 2.48 bits per heavy atom. The van der Waals surface area contributed by atoms with Gasteiger partial charge in [0, 0.05) is 24.5 Å². The Kier molecular flexibility index (Phi) is 6.93. The highest BCUT2D eigenvalue weighted by molar-refractivity contribution is 6.46. The molecule has 1 aromatic carbocycles. The highest BCUT2D eigenvalue weighted by Crippen LogP contribution is 2.41. The molecule has 0 spiro atoms. The van der Waals surface area contributed by atoms with E-state index in [9.17, 15) is 14.7 Å². The first-order valence-corrected chi connectivity index (χ1v) is 11.4. The summed E-state index contributed by atoms with van der Waals surface area (Å²) < 4.78 is 11.2. The van der Waals surface area contributed by atoms with Crippen LogP contribution in [0.4, 0.5) is 0 Å². The maximum Gasteiger partial charge on any atom is 0.295 e. The lowest BCUT2D eigenvalue weighted by atomic mass is 9.95. The number of fused-ring (bicyclic) bond motifs is 1. The molecule has 3 heterocycles. The van der Waals surface area contributed by atoms with Crippen molar-refractivity contribution in [3.63, 3.8) is 0 Å². The van der Waals surface area contributed by atoms with Crippen molar-refractivity contribution >= 4 is 17.4 Å². The van der Waals surface area contributed by atoms with Crippen molar-refractivity contribution < 1.29 is 24.2 Å². The van der Waals surface area contributed by atoms with Gasteiger partial charge < -0.3 is 24.4 Å². The summed E-state index contributed by atoms with van der Waals surface area (Å²) in [5, 5.41) is 11.2. The lowest BCUT2D eigenvalue weighted by Crippen LogP contribution is -2.33. The number of Topliss-reactive ketones (excluding diaryl/α,β-unsaturated/α-hetero) is 1. The van der Waals surface area contributed by atoms with Crippen LogP contribution in [0.15, 0.2) is 48.3 Å². The van der Waals surface area contributed by atoms with Crippen molar-refractivity contribution in [1.29, 1.82) is 0 Å². The molecule has 0 saturated carbocycles. The van der Waals surface area contributed by atoms with E-state index in [4.69, 9.17) is 9.47 Å². The third-order valence-electron chi connectivity index (χ3n) is 6.15. The largest absolute Gasteiger partial charge is 0.507 e. The highest BCUT2D eigenvalue weighted by Gasteiger charge is 2.45. The van der Waals surface area contributed by atoms with E-state index >= 15 is 0 Å². The number of hydrogen-bond donors (Lipinski definition) is 1. The molecule has 2 aliphatic heterocycles. The number of pyridine rings is 1. The number of amides is 1. The first-order chi connectivity index (χ1) is 16.0. The van der Waals surface area contributed by atoms with E-state index < -0.39 is 17.7 Å². The molecule has 8 heteroatoms. The van der Waals surface area contributed by atoms with Gasteiger partial charge in [-0.3, -0.25) is 14.6 Å². The summed E-state index contributed by atoms with van der Waals surface area (Å²) in [7, 11) is 0. The molecule has 1 atom stereocenters. The second-order valence-corrected chi connectivity index (χ2v) is 8.01. The number of likely N-dealkylation sites (tertiary alicyclic amines) is 1. The number of aromatic nitrogens is 1. The number of aliphatic hydroxyl groups is 1. The fraction of sp³-hybridized carbons (Fsp3) is 0.400. The molecule has 0 bridgehead atoms. The van der Waals surface area contributed by atoms with E-state index in [0.29, 0.717) is 36.8 Å². The summed E-state index contributed by atoms with van der Waals surface area (Å²) in [6.45, 7) is 8.14. The second-order valence-electron chi connectivity index (χ2n) is 8.01. The number of hydrogen-bond acceptors (Lipinski definition) is 7. The zero-order valence-electron chi connectivity index (χ0n) is 19.0. The molecule has 0 aliphatic carbocycles. The van der Waals surface area contributed by atoms with Gasteiger partial charge in [0.1, 0.15) is 19.0 Å². The third-order valence-corrected chi connectivity index (χ3v) is 6.15. The quantitative estimate of drug-likeness (QED) is 0.375. The first kappa shape index (κ1) is 22.8. The Bertz CT molecular complexity index is 1050. The summed E-state index contributed by atoms with van der Waals surface area (Å²) in [6.07, 6.45) is 3.96. The molecule has 33 heavy (non-hydrogen) atoms. The number of carbonyl (C=O) groups is 2. The molecule has 1 fully saturated rings. The number of benzene rings is 1. The van der Waals surface area contributed by atoms with E-state index in [2.05, 4.69) is 23.7 Å². The molecule has 1 aromatic heterocycles. The molecule has 1 N–H and O–H groups in total. The average Bonchev–Trinajstić information content (AvgIpc) is 3.11. The minimum atomic E-state index is -0.688. The molecule has 1 saturated heterocycles. The van der Waals surface area contributed by atoms with Crippen LogP contribution in [-0.2, 0) is 9.59 Å². The molecule has 1 unspecified atom stereocenters. The number of ether oxygens (including phenoxy) is 2. The van der Waals surface area contributed by atoms with Crippen LogP contribution in [0, 0.1) is 0 Å². The lowest BCUT2D eigenvalue weighted by Gasteiger charge is -2.26. The standard InChI is InChI=1S/C25H29N3O5/c1-3-27(4-2)12-5-13-28-22(17-8-10-26-11-9-17)21(24(30)25(28)31)23(29)18-6-7-19-20(16-18)33-15-14-32-19/h6-11,16,22,29H,3-5,12-15H2,1-2H3/b23-21-. The van der Waals surface area contributed by atoms with Gasteiger partial charge in [0.05, 0.1) is 11.6 Å². The zero-order valence-corrected chi connectivity index (χ0v) is 19.0. The maximum atomic E-state index is 13.1. The van der Waals surface area contributed by atoms with Crippen molar-refractivity contribution in [1.82, 2.24) is 14.8 Å². The molecular weight excluding hydrogens is 422 g/mol. The predicted molar refractivity (Wildman–Crippen MR) is 123 cm³/mol. The maximum absolute atomic E-state index is 13.1. The lowest BCUT2D eigenvalue weighted by molar-refractivity contribution is -0.140. The molecule has 2 aliphatic rings. The minimum Gasteiger partial charge on any atom is -0.507 e. The SMILES string of the molecule is CCN(CC)CCCN1C(=O)C(=O)/C(=C(\O)c2ccc3c(c2)OCCO3)C1c1ccncc1. The van der Waals surface area contributed by atoms with Crippen LogP contribution in [-0.4, -0.2) is 71.0 Å². The normalized spacial score (nSPS) is 19.4. The van der Waals surface area contributed by atoms with Gasteiger partial charge in [-0.15, -0.1) is 0 Å². The van der Waals surface area contributed by atoms with Crippen molar-refractivity contribution in [2.75, 3.05) is 39.4 Å². The Hall–Kier alpha value is -3.39. The Morgan fingerprint density at radius 2 is 1.79 bits per heavy atom. The van der Waals surface area contributed by atoms with Gasteiger partial charge in [-0.25, -0.2) is 0 Å². The number of carbonyl (C=O) groups excluding carboxylic acids is 2. The highest BCUT2D eigenvalue weighted by atomic mass is 16.6. The summed E-state index contributed by atoms with van der Waals surface area (Å²) in [5.41, 5.74) is 1.20. The molecule has 1 amide bonds. The third kappa shape index (κ3) is 4.57. The zero-order chi connectivity index (χ0) is 23.4. The summed E-state index contributed by atoms with van der Waals surface area (Å²) in [5.74, 6) is -0.430. The van der Waals surface area contributed by atoms with E-state index in [0.717, 1.165) is 31.6 Å². The smallest absolute Gasteiger partial charge is 0.295 e. The van der Waals surface area contributed by atoms with Crippen LogP contribution >= 0.6 is 0 Å². The summed E-state index contributed by atoms with van der Waals surface area (Å²) in [4.78, 5) is 34.1. The van der Waals surface area contributed by atoms with Crippen molar-refractivity contribution in [2.45, 2.75) is 26.3 Å². The van der Waals surface area contributed by atoms with Crippen LogP contribution in [0.1, 0.15) is 37.4 Å². The van der Waals surface area contributed by atoms with Crippen LogP contribution in [0.25, 0.3) is 5.76 Å². The van der Waals surface area contributed by atoms with Gasteiger partial charge >= 0.3 is 0 Å². The van der Waals surface area contributed by atoms with E-state index in [1.807, 2.05) is 0 Å². The van der Waals surface area contributed by atoms with Crippen LogP contribution in [0.3, 0.4) is 0 Å². The Balaban J connectivity index is 1.71. The fourth-order valence-corrected chi connectivity index (χ4v) is 4.35. The molecule has 174 valence electrons. The van der Waals surface area contributed by atoms with Gasteiger partial charge in [0.2, 0.25) is 0 Å². The molecular formula is C25H29N3O5. The minimum absolute atomic E-state index is 0.0747. The average molecular weight is 452 g/mol. The fourth-order valence-electron chi connectivity index (χ4n) is 4.35. The summed E-state index contributed by atoms with van der Waals surface area (Å²) >= 11 is 0. The summed E-state index contributed by atoms with van der Waals surface area (Å²) in [6, 6.07) is 7.86. The number of aliphatic hydroxyl groups excluding tert-OH is 1. The van der Waals surface area contributed by atoms with E-state index in [1.165, 1.54) is 0 Å². The van der Waals surface area contributed by atoms with Crippen molar-refractivity contribution in [3.8, 4) is 11.5 Å². The second kappa shape index (κ2) is 10.0. The number of ketones is 1. The number of rotatable bonds is 8. The molecule has 2 aromatic rings. The predicted octanol–water partition coefficient (Wildman–Crippen LogP) is 3.01. The van der Waals surface area contributed by atoms with Gasteiger partial charge in [0.15, 0.2) is 11.5 Å². The van der Waals surface area contributed by atoms with Crippen molar-refractivity contribution in [3.05, 3.63) is 59.4 Å². The van der Waals surface area contributed by atoms with Crippen LogP contribution in [0.2, 0.25) is 0 Å². The Labute approximate surface area is 193 Å². The topological polar surface area (TPSA) is 92.2 Å². The molecule has 8 nitrogen and oxygen atoms in total. The van der Waals surface area contributed by atoms with E-state index in [1.54, 1.807) is 47.6 Å². The monoisotopic (exact) mass is 451 g/mol. The molecule has 4 rings (SSSR count). The van der Waals surface area contributed by atoms with Crippen LogP contribution < -0.4 is 9.47 Å². The van der Waals surface area contributed by atoms with E-state index in [-0.39, 0.29) is 11.3 Å². The van der Waals surface area contributed by atoms with Gasteiger partial charge in [-0.2, -0.15) is 0 Å². The first-order valence-electron chi connectivity index (χ1n) is 11.4. The molecule has 0 radical (unpaired) electrons.